The molecular formula is C26H24ClN3O3S. The molecule has 8 heteroatoms. The van der Waals surface area contributed by atoms with Gasteiger partial charge in [0.1, 0.15) is 5.92 Å². The first-order valence-corrected chi connectivity index (χ1v) is 11.9. The van der Waals surface area contributed by atoms with Crippen LogP contribution in [0.3, 0.4) is 0 Å². The molecule has 0 saturated carbocycles. The number of fused-ring (bicyclic) bond motifs is 4. The van der Waals surface area contributed by atoms with Gasteiger partial charge in [0.05, 0.1) is 12.6 Å². The van der Waals surface area contributed by atoms with Crippen molar-refractivity contribution in [2.45, 2.75) is 25.6 Å². The lowest BCUT2D eigenvalue weighted by molar-refractivity contribution is -0.130. The Labute approximate surface area is 208 Å². The van der Waals surface area contributed by atoms with E-state index >= 15 is 0 Å². The van der Waals surface area contributed by atoms with E-state index in [-0.39, 0.29) is 5.91 Å². The van der Waals surface area contributed by atoms with Gasteiger partial charge in [-0.05, 0) is 68.5 Å². The number of anilines is 2. The monoisotopic (exact) mass is 493 g/mol. The number of carbonyl (C=O) groups excluding carboxylic acids is 1. The Balaban J connectivity index is 1.63. The van der Waals surface area contributed by atoms with Crippen molar-refractivity contribution < 1.29 is 14.3 Å². The molecule has 174 valence electrons. The average molecular weight is 494 g/mol. The molecule has 0 unspecified atom stereocenters. The number of rotatable bonds is 5. The number of thiocarbonyl (C=S) groups is 1. The summed E-state index contributed by atoms with van der Waals surface area (Å²) < 4.78 is 12.6. The van der Waals surface area contributed by atoms with Crippen molar-refractivity contribution in [1.29, 1.82) is 0 Å². The number of hydrogen-bond donors (Lipinski definition) is 2. The Morgan fingerprint density at radius 3 is 2.59 bits per heavy atom. The van der Waals surface area contributed by atoms with Gasteiger partial charge in [-0.1, -0.05) is 41.9 Å². The molecule has 34 heavy (non-hydrogen) atoms. The summed E-state index contributed by atoms with van der Waals surface area (Å²) in [6.07, 6.45) is 0. The SMILES string of the molecule is CCOc1cccc2c1O[C@@]1(C)[C@@H](C(=O)Nc3ccc(Cl)cc3)[C@H]2NC(=S)N1c1ccccc1. The number of hydrogen-bond acceptors (Lipinski definition) is 4. The number of ether oxygens (including phenoxy) is 2. The highest BCUT2D eigenvalue weighted by molar-refractivity contribution is 7.80. The van der Waals surface area contributed by atoms with E-state index < -0.39 is 17.7 Å². The van der Waals surface area contributed by atoms with E-state index in [1.54, 1.807) is 24.3 Å². The Morgan fingerprint density at radius 2 is 1.88 bits per heavy atom. The molecule has 3 aromatic rings. The highest BCUT2D eigenvalue weighted by Crippen LogP contribution is 2.52. The van der Waals surface area contributed by atoms with E-state index in [2.05, 4.69) is 10.6 Å². The molecule has 5 rings (SSSR count). The van der Waals surface area contributed by atoms with E-state index in [0.29, 0.717) is 33.9 Å². The number of benzene rings is 3. The van der Waals surface area contributed by atoms with E-state index in [9.17, 15) is 4.79 Å². The quantitative estimate of drug-likeness (QED) is 0.455. The van der Waals surface area contributed by atoms with Crippen LogP contribution in [0.25, 0.3) is 0 Å². The van der Waals surface area contributed by atoms with E-state index in [0.717, 1.165) is 11.3 Å². The fraction of sp³-hybridized carbons (Fsp3) is 0.231. The molecule has 0 spiro atoms. The summed E-state index contributed by atoms with van der Waals surface area (Å²) in [7, 11) is 0. The van der Waals surface area contributed by atoms with Crippen LogP contribution < -0.4 is 25.0 Å². The van der Waals surface area contributed by atoms with Crippen LogP contribution in [0.1, 0.15) is 25.5 Å². The fourth-order valence-electron chi connectivity index (χ4n) is 4.76. The number of para-hydroxylation sites is 2. The third-order valence-electron chi connectivity index (χ3n) is 6.20. The van der Waals surface area contributed by atoms with Crippen molar-refractivity contribution in [1.82, 2.24) is 5.32 Å². The van der Waals surface area contributed by atoms with E-state index in [1.807, 2.05) is 67.3 Å². The van der Waals surface area contributed by atoms with Crippen molar-refractivity contribution in [3.63, 3.8) is 0 Å². The number of halogens is 1. The molecule has 1 fully saturated rings. The first-order chi connectivity index (χ1) is 16.4. The predicted octanol–water partition coefficient (Wildman–Crippen LogP) is 5.54. The summed E-state index contributed by atoms with van der Waals surface area (Å²) >= 11 is 11.8. The first-order valence-electron chi connectivity index (χ1n) is 11.1. The van der Waals surface area contributed by atoms with Gasteiger partial charge >= 0.3 is 0 Å². The molecule has 3 aromatic carbocycles. The number of nitrogens with zero attached hydrogens (tertiary/aromatic N) is 1. The van der Waals surface area contributed by atoms with Crippen LogP contribution in [-0.4, -0.2) is 23.4 Å². The maximum Gasteiger partial charge on any atom is 0.236 e. The third kappa shape index (κ3) is 3.75. The number of amides is 1. The van der Waals surface area contributed by atoms with Gasteiger partial charge in [-0.15, -0.1) is 0 Å². The maximum absolute atomic E-state index is 13.8. The van der Waals surface area contributed by atoms with Crippen LogP contribution >= 0.6 is 23.8 Å². The molecule has 2 heterocycles. The Bertz CT molecular complexity index is 1240. The van der Waals surface area contributed by atoms with Crippen molar-refractivity contribution in [3.8, 4) is 11.5 Å². The Morgan fingerprint density at radius 1 is 1.15 bits per heavy atom. The minimum absolute atomic E-state index is 0.196. The molecule has 0 aromatic heterocycles. The molecule has 2 aliphatic heterocycles. The molecular weight excluding hydrogens is 470 g/mol. The summed E-state index contributed by atoms with van der Waals surface area (Å²) in [6, 6.07) is 22.0. The summed E-state index contributed by atoms with van der Waals surface area (Å²) in [6.45, 7) is 4.32. The molecule has 2 aliphatic rings. The largest absolute Gasteiger partial charge is 0.490 e. The highest BCUT2D eigenvalue weighted by Gasteiger charge is 2.59. The lowest BCUT2D eigenvalue weighted by Crippen LogP contribution is -2.72. The van der Waals surface area contributed by atoms with Crippen molar-refractivity contribution >= 4 is 46.2 Å². The topological polar surface area (TPSA) is 62.8 Å². The minimum Gasteiger partial charge on any atom is -0.490 e. The van der Waals surface area contributed by atoms with Gasteiger partial charge in [-0.25, -0.2) is 0 Å². The van der Waals surface area contributed by atoms with Gasteiger partial charge < -0.3 is 20.1 Å². The van der Waals surface area contributed by atoms with Crippen LogP contribution in [0, 0.1) is 5.92 Å². The second-order valence-electron chi connectivity index (χ2n) is 8.34. The average Bonchev–Trinajstić information content (AvgIpc) is 2.81. The van der Waals surface area contributed by atoms with Gasteiger partial charge in [-0.3, -0.25) is 9.69 Å². The third-order valence-corrected chi connectivity index (χ3v) is 6.75. The normalized spacial score (nSPS) is 22.8. The summed E-state index contributed by atoms with van der Waals surface area (Å²) in [5.74, 6) is 0.413. The van der Waals surface area contributed by atoms with Crippen LogP contribution in [0.2, 0.25) is 5.02 Å². The lowest BCUT2D eigenvalue weighted by Gasteiger charge is -2.56. The second kappa shape index (κ2) is 8.81. The maximum atomic E-state index is 13.8. The summed E-state index contributed by atoms with van der Waals surface area (Å²) in [5.41, 5.74) is 1.18. The molecule has 6 nitrogen and oxygen atoms in total. The molecule has 1 saturated heterocycles. The van der Waals surface area contributed by atoms with Gasteiger partial charge in [-0.2, -0.15) is 0 Å². The molecule has 0 radical (unpaired) electrons. The molecule has 2 bridgehead atoms. The van der Waals surface area contributed by atoms with Gasteiger partial charge in [0, 0.05) is 22.0 Å². The summed E-state index contributed by atoms with van der Waals surface area (Å²) in [4.78, 5) is 15.7. The van der Waals surface area contributed by atoms with Gasteiger partial charge in [0.15, 0.2) is 22.3 Å². The van der Waals surface area contributed by atoms with E-state index in [4.69, 9.17) is 33.3 Å². The number of carbonyl (C=O) groups is 1. The standard InChI is InChI=1S/C26H24ClN3O3S/c1-3-32-20-11-7-10-19-22-21(24(31)28-17-14-12-16(27)13-15-17)26(2,33-23(19)20)30(25(34)29-22)18-8-5-4-6-9-18/h4-15,21-22H,3H2,1-2H3,(H,28,31)(H,29,34)/t21-,22+,26+/m1/s1. The van der Waals surface area contributed by atoms with Crippen molar-refractivity contribution in [2.75, 3.05) is 16.8 Å². The Hall–Kier alpha value is -3.29. The zero-order valence-corrected chi connectivity index (χ0v) is 20.3. The summed E-state index contributed by atoms with van der Waals surface area (Å²) in [5, 5.41) is 7.53. The zero-order chi connectivity index (χ0) is 23.9. The van der Waals surface area contributed by atoms with Gasteiger partial charge in [0.2, 0.25) is 5.91 Å². The number of nitrogens with one attached hydrogen (secondary N) is 2. The molecule has 2 N–H and O–H groups in total. The van der Waals surface area contributed by atoms with Gasteiger partial charge in [0.25, 0.3) is 0 Å². The van der Waals surface area contributed by atoms with E-state index in [1.165, 1.54) is 0 Å². The van der Waals surface area contributed by atoms with Crippen LogP contribution in [0.15, 0.2) is 72.8 Å². The Kier molecular flexibility index (Phi) is 5.83. The fourth-order valence-corrected chi connectivity index (χ4v) is 5.30. The minimum atomic E-state index is -1.12. The predicted molar refractivity (Wildman–Crippen MR) is 138 cm³/mol. The van der Waals surface area contributed by atoms with Crippen LogP contribution in [0.5, 0.6) is 11.5 Å². The molecule has 3 atom stereocenters. The smallest absolute Gasteiger partial charge is 0.236 e. The molecule has 1 amide bonds. The highest BCUT2D eigenvalue weighted by atomic mass is 35.5. The first kappa shape index (κ1) is 22.5. The second-order valence-corrected chi connectivity index (χ2v) is 9.16. The van der Waals surface area contributed by atoms with Crippen LogP contribution in [-0.2, 0) is 4.79 Å². The van der Waals surface area contributed by atoms with Crippen molar-refractivity contribution in [3.05, 3.63) is 83.4 Å². The lowest BCUT2D eigenvalue weighted by atomic mass is 9.78. The van der Waals surface area contributed by atoms with Crippen LogP contribution in [0.4, 0.5) is 11.4 Å². The van der Waals surface area contributed by atoms with Crippen molar-refractivity contribution in [2.24, 2.45) is 5.92 Å². The zero-order valence-electron chi connectivity index (χ0n) is 18.7. The molecule has 0 aliphatic carbocycles.